The summed E-state index contributed by atoms with van der Waals surface area (Å²) in [5.41, 5.74) is 0. The first-order valence-corrected chi connectivity index (χ1v) is 4.95. The minimum Gasteiger partial charge on any atom is -0.395 e. The summed E-state index contributed by atoms with van der Waals surface area (Å²) < 4.78 is 0. The van der Waals surface area contributed by atoms with E-state index < -0.39 is 0 Å². The van der Waals surface area contributed by atoms with Gasteiger partial charge in [0, 0.05) is 18.6 Å². The Kier molecular flexibility index (Phi) is 2.51. The predicted molar refractivity (Wildman–Crippen MR) is 48.2 cm³/mol. The fraction of sp³-hybridized carbons (Fsp3) is 0.889. The summed E-state index contributed by atoms with van der Waals surface area (Å²) in [4.78, 5) is 13.4. The molecule has 1 heterocycles. The number of amides is 1. The maximum atomic E-state index is 11.5. The van der Waals surface area contributed by atoms with Crippen LogP contribution in [0, 0.1) is 0 Å². The summed E-state index contributed by atoms with van der Waals surface area (Å²) in [6.45, 7) is 1.19. The number of rotatable bonds is 2. The molecule has 1 unspecified atom stereocenters. The van der Waals surface area contributed by atoms with E-state index in [1.165, 1.54) is 6.42 Å². The highest BCUT2D eigenvalue weighted by molar-refractivity contribution is 5.79. The Morgan fingerprint density at radius 1 is 1.54 bits per heavy atom. The molecular formula is C9H16N2O2. The number of piperazine rings is 1. The summed E-state index contributed by atoms with van der Waals surface area (Å²) in [6.07, 6.45) is 3.53. The lowest BCUT2D eigenvalue weighted by Gasteiger charge is -2.42. The van der Waals surface area contributed by atoms with Gasteiger partial charge in [-0.2, -0.15) is 0 Å². The van der Waals surface area contributed by atoms with Gasteiger partial charge in [0.05, 0.1) is 13.2 Å². The fourth-order valence-corrected chi connectivity index (χ4v) is 1.91. The van der Waals surface area contributed by atoms with Crippen molar-refractivity contribution in [1.82, 2.24) is 10.2 Å². The quantitative estimate of drug-likeness (QED) is 0.598. The molecule has 0 bridgehead atoms. The molecule has 4 heteroatoms. The van der Waals surface area contributed by atoms with Crippen LogP contribution in [0.5, 0.6) is 0 Å². The molecule has 0 radical (unpaired) electrons. The van der Waals surface area contributed by atoms with E-state index in [9.17, 15) is 4.79 Å². The highest BCUT2D eigenvalue weighted by Crippen LogP contribution is 2.25. The first-order valence-electron chi connectivity index (χ1n) is 4.95. The molecule has 0 aromatic carbocycles. The van der Waals surface area contributed by atoms with Crippen molar-refractivity contribution in [1.29, 1.82) is 0 Å². The van der Waals surface area contributed by atoms with Gasteiger partial charge < -0.3 is 15.3 Å². The number of carbonyl (C=O) groups is 1. The molecule has 0 aromatic heterocycles. The van der Waals surface area contributed by atoms with Crippen molar-refractivity contribution in [2.75, 3.05) is 19.7 Å². The molecule has 2 rings (SSSR count). The second-order valence-corrected chi connectivity index (χ2v) is 3.89. The van der Waals surface area contributed by atoms with Crippen molar-refractivity contribution in [3.05, 3.63) is 0 Å². The van der Waals surface area contributed by atoms with Gasteiger partial charge in [0.15, 0.2) is 0 Å². The van der Waals surface area contributed by atoms with Crippen LogP contribution in [-0.2, 0) is 4.79 Å². The van der Waals surface area contributed by atoms with E-state index in [1.54, 1.807) is 0 Å². The third-order valence-corrected chi connectivity index (χ3v) is 3.02. The van der Waals surface area contributed by atoms with Gasteiger partial charge in [-0.25, -0.2) is 0 Å². The Labute approximate surface area is 77.9 Å². The van der Waals surface area contributed by atoms with E-state index in [1.807, 2.05) is 4.90 Å². The van der Waals surface area contributed by atoms with E-state index in [0.717, 1.165) is 12.8 Å². The summed E-state index contributed by atoms with van der Waals surface area (Å²) in [5.74, 6) is 0.189. The molecule has 1 aliphatic heterocycles. The van der Waals surface area contributed by atoms with Crippen LogP contribution in [0.4, 0.5) is 0 Å². The monoisotopic (exact) mass is 184 g/mol. The largest absolute Gasteiger partial charge is 0.395 e. The van der Waals surface area contributed by atoms with Gasteiger partial charge >= 0.3 is 0 Å². The first kappa shape index (κ1) is 8.97. The average molecular weight is 184 g/mol. The summed E-state index contributed by atoms with van der Waals surface area (Å²) in [5, 5.41) is 12.0. The fourth-order valence-electron chi connectivity index (χ4n) is 1.91. The van der Waals surface area contributed by atoms with E-state index in [-0.39, 0.29) is 18.6 Å². The molecule has 0 spiro atoms. The van der Waals surface area contributed by atoms with E-state index in [2.05, 4.69) is 5.32 Å². The normalized spacial score (nSPS) is 30.4. The standard InChI is InChI=1S/C9H16N2O2/c12-6-7-5-11(8-2-1-3-8)9(13)4-10-7/h7-8,10,12H,1-6H2. The van der Waals surface area contributed by atoms with Crippen LogP contribution in [0.15, 0.2) is 0 Å². The smallest absolute Gasteiger partial charge is 0.236 e. The highest BCUT2D eigenvalue weighted by Gasteiger charge is 2.33. The zero-order valence-electron chi connectivity index (χ0n) is 7.70. The molecular weight excluding hydrogens is 168 g/mol. The van der Waals surface area contributed by atoms with Gasteiger partial charge in [-0.3, -0.25) is 4.79 Å². The van der Waals surface area contributed by atoms with Crippen molar-refractivity contribution >= 4 is 5.91 Å². The number of nitrogens with zero attached hydrogens (tertiary/aromatic N) is 1. The van der Waals surface area contributed by atoms with Gasteiger partial charge in [-0.05, 0) is 19.3 Å². The van der Waals surface area contributed by atoms with Gasteiger partial charge in [-0.15, -0.1) is 0 Å². The summed E-state index contributed by atoms with van der Waals surface area (Å²) >= 11 is 0. The van der Waals surface area contributed by atoms with Crippen molar-refractivity contribution in [3.8, 4) is 0 Å². The van der Waals surface area contributed by atoms with Crippen molar-refractivity contribution in [2.24, 2.45) is 0 Å². The number of nitrogens with one attached hydrogen (secondary N) is 1. The number of aliphatic hydroxyl groups excluding tert-OH is 1. The Morgan fingerprint density at radius 2 is 2.31 bits per heavy atom. The second-order valence-electron chi connectivity index (χ2n) is 3.89. The molecule has 1 aliphatic carbocycles. The SMILES string of the molecule is O=C1CNC(CO)CN1C1CCC1. The van der Waals surface area contributed by atoms with Gasteiger partial charge in [-0.1, -0.05) is 0 Å². The third-order valence-electron chi connectivity index (χ3n) is 3.02. The van der Waals surface area contributed by atoms with E-state index in [0.29, 0.717) is 19.1 Å². The van der Waals surface area contributed by atoms with Crippen LogP contribution in [0.1, 0.15) is 19.3 Å². The summed E-state index contributed by atoms with van der Waals surface area (Å²) in [6, 6.07) is 0.543. The minimum atomic E-state index is 0.0818. The summed E-state index contributed by atoms with van der Waals surface area (Å²) in [7, 11) is 0. The zero-order chi connectivity index (χ0) is 9.26. The van der Waals surface area contributed by atoms with Crippen LogP contribution in [0.3, 0.4) is 0 Å². The van der Waals surface area contributed by atoms with Crippen molar-refractivity contribution in [3.63, 3.8) is 0 Å². The third kappa shape index (κ3) is 1.69. The lowest BCUT2D eigenvalue weighted by Crippen LogP contribution is -2.59. The van der Waals surface area contributed by atoms with Gasteiger partial charge in [0.25, 0.3) is 0 Å². The maximum Gasteiger partial charge on any atom is 0.236 e. The van der Waals surface area contributed by atoms with Gasteiger partial charge in [0.1, 0.15) is 0 Å². The Balaban J connectivity index is 1.94. The van der Waals surface area contributed by atoms with Crippen molar-refractivity contribution in [2.45, 2.75) is 31.3 Å². The van der Waals surface area contributed by atoms with E-state index >= 15 is 0 Å². The minimum absolute atomic E-state index is 0.0818. The second kappa shape index (κ2) is 3.64. The molecule has 2 N–H and O–H groups in total. The lowest BCUT2D eigenvalue weighted by atomic mass is 9.90. The molecule has 2 fully saturated rings. The topological polar surface area (TPSA) is 52.6 Å². The Bertz CT molecular complexity index is 204. The van der Waals surface area contributed by atoms with Crippen LogP contribution in [-0.4, -0.2) is 47.7 Å². The molecule has 1 saturated heterocycles. The molecule has 0 aromatic rings. The predicted octanol–water partition coefficient (Wildman–Crippen LogP) is -0.668. The van der Waals surface area contributed by atoms with Crippen LogP contribution in [0.25, 0.3) is 0 Å². The molecule has 1 amide bonds. The molecule has 13 heavy (non-hydrogen) atoms. The van der Waals surface area contributed by atoms with Crippen molar-refractivity contribution < 1.29 is 9.90 Å². The highest BCUT2D eigenvalue weighted by atomic mass is 16.3. The van der Waals surface area contributed by atoms with E-state index in [4.69, 9.17) is 5.11 Å². The molecule has 4 nitrogen and oxygen atoms in total. The molecule has 1 saturated carbocycles. The number of hydrogen-bond acceptors (Lipinski definition) is 3. The maximum absolute atomic E-state index is 11.5. The van der Waals surface area contributed by atoms with Crippen LogP contribution in [0.2, 0.25) is 0 Å². The van der Waals surface area contributed by atoms with Gasteiger partial charge in [0.2, 0.25) is 5.91 Å². The molecule has 74 valence electrons. The zero-order valence-corrected chi connectivity index (χ0v) is 7.70. The Morgan fingerprint density at radius 3 is 2.85 bits per heavy atom. The average Bonchev–Trinajstić information content (AvgIpc) is 2.06. The molecule has 2 aliphatic rings. The Hall–Kier alpha value is -0.610. The number of carbonyl (C=O) groups excluding carboxylic acids is 1. The van der Waals surface area contributed by atoms with Crippen LogP contribution >= 0.6 is 0 Å². The lowest BCUT2D eigenvalue weighted by molar-refractivity contribution is -0.137. The molecule has 1 atom stereocenters. The van der Waals surface area contributed by atoms with Crippen LogP contribution < -0.4 is 5.32 Å². The number of aliphatic hydroxyl groups is 1. The number of hydrogen-bond donors (Lipinski definition) is 2. The first-order chi connectivity index (χ1) is 6.31.